The third kappa shape index (κ3) is 5.35. The van der Waals surface area contributed by atoms with Gasteiger partial charge in [0, 0.05) is 11.3 Å². The summed E-state index contributed by atoms with van der Waals surface area (Å²) >= 11 is 1.76. The van der Waals surface area contributed by atoms with Crippen LogP contribution in [0, 0.1) is 11.3 Å². The smallest absolute Gasteiger partial charge is 0.315 e. The third-order valence-electron chi connectivity index (χ3n) is 4.13. The number of nitrogens with one attached hydrogen (secondary N) is 1. The molecule has 0 aromatic rings. The molecule has 1 aliphatic rings. The van der Waals surface area contributed by atoms with Gasteiger partial charge in [-0.15, -0.1) is 11.8 Å². The molecule has 1 N–H and O–H groups in total. The molecule has 0 spiro atoms. The van der Waals surface area contributed by atoms with Crippen molar-refractivity contribution >= 4 is 17.7 Å². The van der Waals surface area contributed by atoms with Crippen molar-refractivity contribution in [2.24, 2.45) is 11.3 Å². The zero-order chi connectivity index (χ0) is 14.5. The van der Waals surface area contributed by atoms with Crippen LogP contribution in [0.15, 0.2) is 0 Å². The summed E-state index contributed by atoms with van der Waals surface area (Å²) in [5.74, 6) is 1.11. The predicted molar refractivity (Wildman–Crippen MR) is 82.5 cm³/mol. The second kappa shape index (κ2) is 7.53. The van der Waals surface area contributed by atoms with Gasteiger partial charge < -0.3 is 10.1 Å². The molecule has 1 rings (SSSR count). The zero-order valence-electron chi connectivity index (χ0n) is 13.0. The number of hydrogen-bond donors (Lipinski definition) is 1. The van der Waals surface area contributed by atoms with Crippen LogP contribution in [0.2, 0.25) is 0 Å². The van der Waals surface area contributed by atoms with Gasteiger partial charge in [-0.2, -0.15) is 0 Å². The molecule has 0 heterocycles. The number of esters is 1. The second-order valence-corrected chi connectivity index (χ2v) is 7.69. The average Bonchev–Trinajstić information content (AvgIpc) is 2.36. The maximum Gasteiger partial charge on any atom is 0.315 e. The molecular weight excluding hydrogens is 258 g/mol. The molecule has 3 nitrogen and oxygen atoms in total. The number of rotatable bonds is 5. The molecule has 4 heteroatoms. The Hall–Kier alpha value is -0.220. The summed E-state index contributed by atoms with van der Waals surface area (Å²) in [5.41, 5.74) is 0.362. The lowest BCUT2D eigenvalue weighted by atomic mass is 9.71. The molecule has 0 aliphatic heterocycles. The molecule has 0 saturated heterocycles. The summed E-state index contributed by atoms with van der Waals surface area (Å²) in [4.78, 5) is 11.3. The number of carbonyl (C=O) groups excluding carboxylic acids is 1. The molecule has 112 valence electrons. The molecule has 0 radical (unpaired) electrons. The van der Waals surface area contributed by atoms with Crippen LogP contribution in [0.4, 0.5) is 0 Å². The Morgan fingerprint density at radius 3 is 2.58 bits per heavy atom. The maximum atomic E-state index is 11.3. The van der Waals surface area contributed by atoms with Crippen LogP contribution in [0.25, 0.3) is 0 Å². The molecule has 19 heavy (non-hydrogen) atoms. The fraction of sp³-hybridized carbons (Fsp3) is 0.933. The minimum absolute atomic E-state index is 0.113. The highest BCUT2D eigenvalue weighted by Crippen LogP contribution is 2.41. The van der Waals surface area contributed by atoms with Crippen LogP contribution in [0.3, 0.4) is 0 Å². The van der Waals surface area contributed by atoms with Crippen molar-refractivity contribution in [3.63, 3.8) is 0 Å². The molecular formula is C15H29NO2S. The Kier molecular flexibility index (Phi) is 6.67. The number of thioether (sulfide) groups is 1. The van der Waals surface area contributed by atoms with Gasteiger partial charge in [0.1, 0.15) is 0 Å². The van der Waals surface area contributed by atoms with E-state index in [1.807, 2.05) is 0 Å². The summed E-state index contributed by atoms with van der Waals surface area (Å²) in [6.07, 6.45) is 3.70. The van der Waals surface area contributed by atoms with Gasteiger partial charge in [0.15, 0.2) is 0 Å². The summed E-state index contributed by atoms with van der Waals surface area (Å²) < 4.78 is 4.75. The lowest BCUT2D eigenvalue weighted by molar-refractivity contribution is -0.137. The van der Waals surface area contributed by atoms with Gasteiger partial charge in [-0.05, 0) is 37.1 Å². The van der Waals surface area contributed by atoms with Gasteiger partial charge in [0.25, 0.3) is 0 Å². The minimum Gasteiger partial charge on any atom is -0.468 e. The first-order valence-corrected chi connectivity index (χ1v) is 8.35. The first-order chi connectivity index (χ1) is 8.88. The van der Waals surface area contributed by atoms with E-state index in [9.17, 15) is 4.79 Å². The van der Waals surface area contributed by atoms with E-state index in [0.717, 1.165) is 12.5 Å². The monoisotopic (exact) mass is 287 g/mol. The SMILES string of the molecule is CCNC1CCC(C(C)(C)C)CC1SCC(=O)OC. The van der Waals surface area contributed by atoms with E-state index in [0.29, 0.717) is 22.5 Å². The standard InChI is InChI=1S/C15H29NO2S/c1-6-16-12-8-7-11(15(2,3)4)9-13(12)19-10-14(17)18-5/h11-13,16H,6-10H2,1-5H3. The van der Waals surface area contributed by atoms with Crippen LogP contribution >= 0.6 is 11.8 Å². The number of ether oxygens (including phenoxy) is 1. The first kappa shape index (κ1) is 16.8. The Labute approximate surface area is 122 Å². The van der Waals surface area contributed by atoms with Crippen molar-refractivity contribution in [3.05, 3.63) is 0 Å². The topological polar surface area (TPSA) is 38.3 Å². The van der Waals surface area contributed by atoms with Crippen LogP contribution in [0.1, 0.15) is 47.0 Å². The van der Waals surface area contributed by atoms with E-state index in [-0.39, 0.29) is 5.97 Å². The quantitative estimate of drug-likeness (QED) is 0.789. The highest BCUT2D eigenvalue weighted by Gasteiger charge is 2.35. The normalized spacial score (nSPS) is 28.2. The van der Waals surface area contributed by atoms with Crippen molar-refractivity contribution < 1.29 is 9.53 Å². The Bertz CT molecular complexity index is 288. The fourth-order valence-electron chi connectivity index (χ4n) is 2.83. The molecule has 0 amide bonds. The van der Waals surface area contributed by atoms with Gasteiger partial charge in [-0.3, -0.25) is 4.79 Å². The van der Waals surface area contributed by atoms with Crippen LogP contribution in [0.5, 0.6) is 0 Å². The Morgan fingerprint density at radius 1 is 1.37 bits per heavy atom. The number of hydrogen-bond acceptors (Lipinski definition) is 4. The van der Waals surface area contributed by atoms with Crippen LogP contribution in [-0.4, -0.2) is 36.7 Å². The van der Waals surface area contributed by atoms with Gasteiger partial charge in [-0.25, -0.2) is 0 Å². The Morgan fingerprint density at radius 2 is 2.05 bits per heavy atom. The summed E-state index contributed by atoms with van der Waals surface area (Å²) in [6, 6.07) is 0.540. The molecule has 0 aromatic carbocycles. The van der Waals surface area contributed by atoms with Gasteiger partial charge in [-0.1, -0.05) is 27.7 Å². The van der Waals surface area contributed by atoms with Crippen molar-refractivity contribution in [2.75, 3.05) is 19.4 Å². The van der Waals surface area contributed by atoms with E-state index >= 15 is 0 Å². The van der Waals surface area contributed by atoms with Crippen molar-refractivity contribution in [1.82, 2.24) is 5.32 Å². The average molecular weight is 287 g/mol. The summed E-state index contributed by atoms with van der Waals surface area (Å²) in [5, 5.41) is 4.10. The molecule has 3 atom stereocenters. The Balaban J connectivity index is 2.59. The van der Waals surface area contributed by atoms with Gasteiger partial charge >= 0.3 is 5.97 Å². The summed E-state index contributed by atoms with van der Waals surface area (Å²) in [6.45, 7) is 10.1. The highest BCUT2D eigenvalue weighted by atomic mass is 32.2. The van der Waals surface area contributed by atoms with E-state index < -0.39 is 0 Å². The summed E-state index contributed by atoms with van der Waals surface area (Å²) in [7, 11) is 1.46. The minimum atomic E-state index is -0.113. The second-order valence-electron chi connectivity index (χ2n) is 6.47. The molecule has 1 fully saturated rings. The number of carbonyl (C=O) groups is 1. The van der Waals surface area contributed by atoms with Crippen LogP contribution in [-0.2, 0) is 9.53 Å². The van der Waals surface area contributed by atoms with Gasteiger partial charge in [0.2, 0.25) is 0 Å². The molecule has 1 saturated carbocycles. The van der Waals surface area contributed by atoms with E-state index in [1.165, 1.54) is 26.4 Å². The van der Waals surface area contributed by atoms with Gasteiger partial charge in [0.05, 0.1) is 12.9 Å². The first-order valence-electron chi connectivity index (χ1n) is 7.30. The lowest BCUT2D eigenvalue weighted by Crippen LogP contribution is -2.45. The lowest BCUT2D eigenvalue weighted by Gasteiger charge is -2.41. The van der Waals surface area contributed by atoms with Crippen molar-refractivity contribution in [3.8, 4) is 0 Å². The predicted octanol–water partition coefficient (Wildman–Crippen LogP) is 3.09. The largest absolute Gasteiger partial charge is 0.468 e. The van der Waals surface area contributed by atoms with E-state index in [4.69, 9.17) is 4.74 Å². The molecule has 0 bridgehead atoms. The number of methoxy groups -OCH3 is 1. The molecule has 0 aromatic heterocycles. The van der Waals surface area contributed by atoms with Crippen molar-refractivity contribution in [1.29, 1.82) is 0 Å². The third-order valence-corrected chi connectivity index (χ3v) is 5.48. The van der Waals surface area contributed by atoms with Crippen molar-refractivity contribution in [2.45, 2.75) is 58.2 Å². The molecule has 1 aliphatic carbocycles. The van der Waals surface area contributed by atoms with Crippen LogP contribution < -0.4 is 5.32 Å². The fourth-order valence-corrected chi connectivity index (χ4v) is 4.13. The highest BCUT2D eigenvalue weighted by molar-refractivity contribution is 8.00. The zero-order valence-corrected chi connectivity index (χ0v) is 13.8. The van der Waals surface area contributed by atoms with E-state index in [2.05, 4.69) is 33.0 Å². The molecule has 3 unspecified atom stereocenters. The maximum absolute atomic E-state index is 11.3. The van der Waals surface area contributed by atoms with E-state index in [1.54, 1.807) is 11.8 Å².